The molecule has 12 heteroatoms. The van der Waals surface area contributed by atoms with E-state index >= 15 is 0 Å². The average Bonchev–Trinajstić information content (AvgIpc) is 1.77. The van der Waals surface area contributed by atoms with Gasteiger partial charge in [-0.1, -0.05) is 254 Å². The largest absolute Gasteiger partial charge is 0.226 e. The summed E-state index contributed by atoms with van der Waals surface area (Å²) in [5.41, 5.74) is 10.3. The van der Waals surface area contributed by atoms with Crippen LogP contribution in [0.4, 0.5) is 0 Å². The van der Waals surface area contributed by atoms with E-state index in [1.54, 1.807) is 48.5 Å². The molecular weight excluding hydrogens is 1010 g/mol. The first-order valence-electron chi connectivity index (χ1n) is 28.8. The quantitative estimate of drug-likeness (QED) is 0.139. The third-order valence-corrected chi connectivity index (χ3v) is 12.1. The van der Waals surface area contributed by atoms with Gasteiger partial charge in [-0.25, -0.2) is 15.0 Å². The topological polar surface area (TPSA) is 116 Å². The minimum absolute atomic E-state index is 0.0746. The molecule has 0 amide bonds. The van der Waals surface area contributed by atoms with Crippen LogP contribution in [0.2, 0.25) is 15.9 Å². The van der Waals surface area contributed by atoms with Crippen LogP contribution in [-0.4, -0.2) is 44.9 Å². The molecule has 0 unspecified atom stereocenters. The minimum Gasteiger partial charge on any atom is -0.208 e. The molecule has 0 aliphatic carbocycles. The van der Waals surface area contributed by atoms with Crippen LogP contribution in [0.3, 0.4) is 0 Å². The molecule has 0 aliphatic rings. The Hall–Kier alpha value is -9.12. The Morgan fingerprint density at radius 3 is 0.896 bits per heavy atom. The summed E-state index contributed by atoms with van der Waals surface area (Å²) in [6.07, 6.45) is 0. The maximum absolute atomic E-state index is 8.20. The van der Waals surface area contributed by atoms with Gasteiger partial charge in [0.1, 0.15) is 0 Å². The molecule has 0 bridgehead atoms. The predicted molar refractivity (Wildman–Crippen MR) is 313 cm³/mol. The SMILES string of the molecule is Cc1ccc(-c2nc(Cl)nc(-c3ccc(C)cc3)n2)cc1.Clc1nc(-c2ccccc2)nc(-c2ccccc2-c2ccccc2)n1.[2H]c1c([2H])c([2H])c(-c2ccc(-c3nc(Cl)nc(-c4ccc(-c5c([2H])c([2H])c([2H])c([2H])c5[2H])cc4)n3)cc2)c([2H])c1[2H]. The van der Waals surface area contributed by atoms with Gasteiger partial charge in [0.15, 0.2) is 34.9 Å². The highest BCUT2D eigenvalue weighted by Crippen LogP contribution is 2.32. The van der Waals surface area contributed by atoms with Crippen LogP contribution in [-0.2, 0) is 0 Å². The Morgan fingerprint density at radius 2 is 0.519 bits per heavy atom. The summed E-state index contributed by atoms with van der Waals surface area (Å²) in [5, 5.41) is 0.317. The van der Waals surface area contributed by atoms with E-state index in [1.807, 2.05) is 129 Å². The van der Waals surface area contributed by atoms with E-state index in [4.69, 9.17) is 48.5 Å². The van der Waals surface area contributed by atoms with E-state index in [0.717, 1.165) is 33.4 Å². The maximum Gasteiger partial charge on any atom is 0.226 e. The van der Waals surface area contributed by atoms with E-state index in [1.165, 1.54) is 11.1 Å². The third kappa shape index (κ3) is 13.2. The molecule has 12 aromatic rings. The first-order chi connectivity index (χ1) is 41.8. The minimum atomic E-state index is -0.464. The molecule has 0 atom stereocenters. The van der Waals surface area contributed by atoms with Crippen LogP contribution in [0, 0.1) is 13.8 Å². The third-order valence-electron chi connectivity index (χ3n) is 11.6. The molecule has 77 heavy (non-hydrogen) atoms. The van der Waals surface area contributed by atoms with Crippen LogP contribution in [0.25, 0.3) is 102 Å². The van der Waals surface area contributed by atoms with Gasteiger partial charge in [0.25, 0.3) is 0 Å². The number of rotatable bonds is 9. The molecule has 0 spiro atoms. The summed E-state index contributed by atoms with van der Waals surface area (Å²) >= 11 is 18.4. The lowest BCUT2D eigenvalue weighted by Gasteiger charge is -2.10. The van der Waals surface area contributed by atoms with Crippen molar-refractivity contribution in [1.29, 1.82) is 0 Å². The first-order valence-corrected chi connectivity index (χ1v) is 24.9. The van der Waals surface area contributed by atoms with Crippen molar-refractivity contribution in [2.75, 3.05) is 0 Å². The van der Waals surface area contributed by atoms with Crippen LogP contribution in [0.5, 0.6) is 0 Å². The van der Waals surface area contributed by atoms with Crippen LogP contribution in [0.1, 0.15) is 24.8 Å². The molecule has 9 nitrogen and oxygen atoms in total. The van der Waals surface area contributed by atoms with E-state index in [9.17, 15) is 0 Å². The zero-order valence-corrected chi connectivity index (χ0v) is 43.2. The van der Waals surface area contributed by atoms with E-state index in [0.29, 0.717) is 45.6 Å². The number of aryl methyl sites for hydroxylation is 2. The number of benzene rings is 9. The van der Waals surface area contributed by atoms with Crippen molar-refractivity contribution in [3.05, 3.63) is 269 Å². The smallest absolute Gasteiger partial charge is 0.208 e. The summed E-state index contributed by atoms with van der Waals surface area (Å²) in [5.74, 6) is 2.79. The molecule has 12 rings (SSSR count). The van der Waals surface area contributed by atoms with Gasteiger partial charge in [-0.3, -0.25) is 0 Å². The predicted octanol–water partition coefficient (Wildman–Crippen LogP) is 17.2. The van der Waals surface area contributed by atoms with Gasteiger partial charge in [0, 0.05) is 33.4 Å². The highest BCUT2D eigenvalue weighted by molar-refractivity contribution is 6.29. The van der Waals surface area contributed by atoms with Crippen molar-refractivity contribution in [1.82, 2.24) is 44.9 Å². The molecular formula is C65H46Cl3N9. The van der Waals surface area contributed by atoms with Crippen molar-refractivity contribution in [2.24, 2.45) is 0 Å². The van der Waals surface area contributed by atoms with E-state index in [2.05, 4.69) is 63.1 Å². The molecule has 9 aromatic carbocycles. The fraction of sp³-hybridized carbons (Fsp3) is 0.0308. The van der Waals surface area contributed by atoms with Crippen molar-refractivity contribution in [3.63, 3.8) is 0 Å². The molecule has 0 N–H and O–H groups in total. The molecule has 0 saturated carbocycles. The average molecular weight is 1070 g/mol. The Labute approximate surface area is 476 Å². The second-order valence-corrected chi connectivity index (χ2v) is 17.9. The summed E-state index contributed by atoms with van der Waals surface area (Å²) in [7, 11) is 0. The van der Waals surface area contributed by atoms with Crippen molar-refractivity contribution < 1.29 is 13.7 Å². The van der Waals surface area contributed by atoms with E-state index in [-0.39, 0.29) is 62.8 Å². The highest BCUT2D eigenvalue weighted by atomic mass is 35.5. The molecule has 0 aliphatic heterocycles. The van der Waals surface area contributed by atoms with Gasteiger partial charge >= 0.3 is 0 Å². The Bertz CT molecular complexity index is 4250. The Kier molecular flexibility index (Phi) is 12.8. The number of nitrogens with zero attached hydrogens (tertiary/aromatic N) is 9. The summed E-state index contributed by atoms with van der Waals surface area (Å²) in [6.45, 7) is 4.09. The summed E-state index contributed by atoms with van der Waals surface area (Å²) in [4.78, 5) is 39.2. The van der Waals surface area contributed by atoms with Gasteiger partial charge in [-0.05, 0) is 82.0 Å². The number of halogens is 3. The van der Waals surface area contributed by atoms with Gasteiger partial charge < -0.3 is 0 Å². The zero-order valence-electron chi connectivity index (χ0n) is 51.0. The first kappa shape index (κ1) is 40.2. The second-order valence-electron chi connectivity index (χ2n) is 16.9. The van der Waals surface area contributed by atoms with Gasteiger partial charge in [-0.2, -0.15) is 29.9 Å². The molecule has 0 saturated heterocycles. The summed E-state index contributed by atoms with van der Waals surface area (Å²) in [6, 6.07) is 53.2. The Morgan fingerprint density at radius 1 is 0.247 bits per heavy atom. The second kappa shape index (κ2) is 24.5. The van der Waals surface area contributed by atoms with Crippen LogP contribution >= 0.6 is 34.8 Å². The van der Waals surface area contributed by atoms with Crippen LogP contribution < -0.4 is 0 Å². The molecule has 372 valence electrons. The number of hydrogen-bond donors (Lipinski definition) is 0. The monoisotopic (exact) mass is 1070 g/mol. The molecule has 0 fully saturated rings. The fourth-order valence-electron chi connectivity index (χ4n) is 7.72. The van der Waals surface area contributed by atoms with Crippen LogP contribution in [0.15, 0.2) is 242 Å². The normalized spacial score (nSPS) is 12.5. The maximum atomic E-state index is 8.20. The molecule has 3 heterocycles. The lowest BCUT2D eigenvalue weighted by molar-refractivity contribution is 1.06. The van der Waals surface area contributed by atoms with Gasteiger partial charge in [0.05, 0.1) is 13.7 Å². The molecule has 3 aromatic heterocycles. The standard InChI is InChI=1S/C27H18ClN3.C21H14ClN3.C17H14ClN3/c28-27-30-25(23-15-11-21(12-16-23)19-7-3-1-4-8-19)29-26(31-27)24-17-13-22(14-18-24)20-9-5-2-6-10-20;22-21-24-19(16-11-5-2-6-12-16)23-20(25-21)18-14-8-7-13-17(18)15-9-3-1-4-10-15;1-11-3-7-13(8-4-11)15-19-16(21-17(18)20-15)14-9-5-12(2)6-10-14/h1-18H;1-14H;3-10H,1-2H3/i1D,2D,3D,4D,5D,6D,7D,8D,9D,10D;;. The summed E-state index contributed by atoms with van der Waals surface area (Å²) < 4.78 is 80.0. The molecule has 0 radical (unpaired) electrons. The fourth-order valence-corrected chi connectivity index (χ4v) is 8.20. The van der Waals surface area contributed by atoms with Gasteiger partial charge in [0.2, 0.25) is 15.9 Å². The van der Waals surface area contributed by atoms with Crippen molar-refractivity contribution >= 4 is 34.8 Å². The lowest BCUT2D eigenvalue weighted by Crippen LogP contribution is -1.98. The lowest BCUT2D eigenvalue weighted by atomic mass is 9.99. The van der Waals surface area contributed by atoms with Crippen molar-refractivity contribution in [3.8, 4) is 102 Å². The number of aromatic nitrogens is 9. The number of hydrogen-bond acceptors (Lipinski definition) is 9. The Balaban J connectivity index is 0.000000155. The van der Waals surface area contributed by atoms with Gasteiger partial charge in [-0.15, -0.1) is 0 Å². The zero-order chi connectivity index (χ0) is 61.6. The highest BCUT2D eigenvalue weighted by Gasteiger charge is 2.15. The van der Waals surface area contributed by atoms with E-state index < -0.39 is 36.3 Å². The van der Waals surface area contributed by atoms with Crippen molar-refractivity contribution in [2.45, 2.75) is 13.8 Å².